The summed E-state index contributed by atoms with van der Waals surface area (Å²) in [6.07, 6.45) is 0. The monoisotopic (exact) mass is 296 g/mol. The van der Waals surface area contributed by atoms with Crippen LogP contribution >= 0.6 is 0 Å². The fourth-order valence-electron chi connectivity index (χ4n) is 3.41. The minimum Gasteiger partial charge on any atom is -0.0678 e. The molecule has 2 aromatic rings. The number of hydrogen-bond acceptors (Lipinski definition) is 0. The van der Waals surface area contributed by atoms with Gasteiger partial charge in [0.1, 0.15) is 0 Å². The Morgan fingerprint density at radius 2 is 1.05 bits per heavy atom. The number of rotatable bonds is 7. The van der Waals surface area contributed by atoms with Gasteiger partial charge < -0.3 is 0 Å². The number of benzene rings is 2. The van der Waals surface area contributed by atoms with Gasteiger partial charge in [0.25, 0.3) is 0 Å². The standard InChI is InChI=1S/C20H28Si/c1-4-21(5-2,6-3)17-20(18-13-9-7-10-14-18)19-15-11-8-12-16-19/h7-16,20H,4-6,17H2,1-3H3. The maximum atomic E-state index is 2.41. The summed E-state index contributed by atoms with van der Waals surface area (Å²) in [6.45, 7) is 7.23. The third kappa shape index (κ3) is 3.85. The molecule has 2 aromatic carbocycles. The van der Waals surface area contributed by atoms with Crippen LogP contribution in [-0.4, -0.2) is 8.07 Å². The third-order valence-corrected chi connectivity index (χ3v) is 11.1. The highest BCUT2D eigenvalue weighted by atomic mass is 28.3. The zero-order chi connectivity index (χ0) is 15.1. The first-order valence-corrected chi connectivity index (χ1v) is 11.2. The van der Waals surface area contributed by atoms with Crippen molar-refractivity contribution in [2.45, 2.75) is 50.9 Å². The zero-order valence-corrected chi connectivity index (χ0v) is 14.7. The average Bonchev–Trinajstić information content (AvgIpc) is 2.58. The molecule has 0 fully saturated rings. The Morgan fingerprint density at radius 3 is 1.38 bits per heavy atom. The van der Waals surface area contributed by atoms with E-state index in [2.05, 4.69) is 81.4 Å². The summed E-state index contributed by atoms with van der Waals surface area (Å²) in [5, 5.41) is 0. The van der Waals surface area contributed by atoms with Crippen molar-refractivity contribution < 1.29 is 0 Å². The SMILES string of the molecule is CC[Si](CC)(CC)CC(c1ccccc1)c1ccccc1. The van der Waals surface area contributed by atoms with E-state index in [0.717, 1.165) is 0 Å². The lowest BCUT2D eigenvalue weighted by Gasteiger charge is -2.33. The molecule has 0 aliphatic rings. The average molecular weight is 297 g/mol. The van der Waals surface area contributed by atoms with E-state index < -0.39 is 8.07 Å². The van der Waals surface area contributed by atoms with E-state index in [4.69, 9.17) is 0 Å². The Bertz CT molecular complexity index is 466. The second kappa shape index (κ2) is 7.60. The highest BCUT2D eigenvalue weighted by Crippen LogP contribution is 2.37. The molecular weight excluding hydrogens is 268 g/mol. The molecule has 0 unspecified atom stereocenters. The quantitative estimate of drug-likeness (QED) is 0.524. The van der Waals surface area contributed by atoms with Crippen molar-refractivity contribution in [3.8, 4) is 0 Å². The Morgan fingerprint density at radius 1 is 0.667 bits per heavy atom. The van der Waals surface area contributed by atoms with E-state index in [1.807, 2.05) is 0 Å². The predicted octanol–water partition coefficient (Wildman–Crippen LogP) is 6.33. The molecule has 0 nitrogen and oxygen atoms in total. The Kier molecular flexibility index (Phi) is 5.81. The molecule has 0 spiro atoms. The molecular formula is C20H28Si. The van der Waals surface area contributed by atoms with E-state index in [9.17, 15) is 0 Å². The highest BCUT2D eigenvalue weighted by Gasteiger charge is 2.31. The van der Waals surface area contributed by atoms with Crippen LogP contribution in [-0.2, 0) is 0 Å². The molecule has 0 heterocycles. The van der Waals surface area contributed by atoms with Gasteiger partial charge in [-0.25, -0.2) is 0 Å². The molecule has 0 atom stereocenters. The van der Waals surface area contributed by atoms with Crippen molar-refractivity contribution in [1.29, 1.82) is 0 Å². The van der Waals surface area contributed by atoms with Crippen LogP contribution < -0.4 is 0 Å². The maximum absolute atomic E-state index is 2.41. The molecule has 0 bridgehead atoms. The minimum absolute atomic E-state index is 0.568. The van der Waals surface area contributed by atoms with Crippen LogP contribution in [0.3, 0.4) is 0 Å². The molecule has 0 amide bonds. The van der Waals surface area contributed by atoms with E-state index in [1.54, 1.807) is 0 Å². The molecule has 0 aromatic heterocycles. The van der Waals surface area contributed by atoms with Crippen molar-refractivity contribution >= 4 is 8.07 Å². The normalized spacial score (nSPS) is 11.8. The van der Waals surface area contributed by atoms with Crippen molar-refractivity contribution in [3.63, 3.8) is 0 Å². The van der Waals surface area contributed by atoms with Gasteiger partial charge in [-0.3, -0.25) is 0 Å². The van der Waals surface area contributed by atoms with Crippen LogP contribution in [0.1, 0.15) is 37.8 Å². The van der Waals surface area contributed by atoms with E-state index >= 15 is 0 Å². The largest absolute Gasteiger partial charge is 0.0678 e. The first kappa shape index (κ1) is 16.0. The summed E-state index contributed by atoms with van der Waals surface area (Å²) >= 11 is 0. The molecule has 0 radical (unpaired) electrons. The predicted molar refractivity (Wildman–Crippen MR) is 96.7 cm³/mol. The summed E-state index contributed by atoms with van der Waals surface area (Å²) in [6, 6.07) is 27.7. The Labute approximate surface area is 131 Å². The zero-order valence-electron chi connectivity index (χ0n) is 13.7. The fraction of sp³-hybridized carbons (Fsp3) is 0.400. The Balaban J connectivity index is 2.38. The van der Waals surface area contributed by atoms with Crippen LogP contribution in [0.5, 0.6) is 0 Å². The highest BCUT2D eigenvalue weighted by molar-refractivity contribution is 6.79. The lowest BCUT2D eigenvalue weighted by molar-refractivity contribution is 0.875. The van der Waals surface area contributed by atoms with Gasteiger partial charge in [0.2, 0.25) is 0 Å². The maximum Gasteiger partial charge on any atom is 0.0537 e. The number of hydrogen-bond donors (Lipinski definition) is 0. The lowest BCUT2D eigenvalue weighted by atomic mass is 9.93. The van der Waals surface area contributed by atoms with Crippen molar-refractivity contribution in [2.24, 2.45) is 0 Å². The van der Waals surface area contributed by atoms with Crippen LogP contribution in [0.4, 0.5) is 0 Å². The van der Waals surface area contributed by atoms with Gasteiger partial charge in [-0.1, -0.05) is 99.6 Å². The van der Waals surface area contributed by atoms with Crippen LogP contribution in [0.2, 0.25) is 24.2 Å². The Hall–Kier alpha value is -1.34. The lowest BCUT2D eigenvalue weighted by Crippen LogP contribution is -2.33. The molecule has 21 heavy (non-hydrogen) atoms. The third-order valence-electron chi connectivity index (χ3n) is 5.29. The summed E-state index contributed by atoms with van der Waals surface area (Å²) in [7, 11) is -1.15. The van der Waals surface area contributed by atoms with Gasteiger partial charge in [-0.2, -0.15) is 0 Å². The molecule has 1 heteroatoms. The molecule has 2 rings (SSSR count). The van der Waals surface area contributed by atoms with Crippen LogP contribution in [0, 0.1) is 0 Å². The summed E-state index contributed by atoms with van der Waals surface area (Å²) in [5.41, 5.74) is 2.96. The summed E-state index contributed by atoms with van der Waals surface area (Å²) in [5.74, 6) is 0.568. The molecule has 112 valence electrons. The second-order valence-electron chi connectivity index (χ2n) is 6.14. The molecule has 0 aliphatic heterocycles. The summed E-state index contributed by atoms with van der Waals surface area (Å²) < 4.78 is 0. The molecule has 0 saturated heterocycles. The van der Waals surface area contributed by atoms with Gasteiger partial charge in [0.15, 0.2) is 0 Å². The fourth-order valence-corrected chi connectivity index (χ4v) is 7.12. The van der Waals surface area contributed by atoms with Crippen molar-refractivity contribution in [1.82, 2.24) is 0 Å². The van der Waals surface area contributed by atoms with E-state index in [0.29, 0.717) is 5.92 Å². The minimum atomic E-state index is -1.15. The van der Waals surface area contributed by atoms with Gasteiger partial charge in [-0.05, 0) is 17.2 Å². The van der Waals surface area contributed by atoms with E-state index in [1.165, 1.54) is 35.3 Å². The van der Waals surface area contributed by atoms with Crippen molar-refractivity contribution in [3.05, 3.63) is 71.8 Å². The van der Waals surface area contributed by atoms with Crippen LogP contribution in [0.25, 0.3) is 0 Å². The first-order valence-electron chi connectivity index (χ1n) is 8.34. The summed E-state index contributed by atoms with van der Waals surface area (Å²) in [4.78, 5) is 0. The molecule has 0 aliphatic carbocycles. The smallest absolute Gasteiger partial charge is 0.0537 e. The van der Waals surface area contributed by atoms with Gasteiger partial charge in [0.05, 0.1) is 8.07 Å². The molecule has 0 N–H and O–H groups in total. The molecule has 0 saturated carbocycles. The topological polar surface area (TPSA) is 0 Å². The second-order valence-corrected chi connectivity index (χ2v) is 11.7. The van der Waals surface area contributed by atoms with E-state index in [-0.39, 0.29) is 0 Å². The van der Waals surface area contributed by atoms with Gasteiger partial charge in [-0.15, -0.1) is 0 Å². The van der Waals surface area contributed by atoms with Crippen molar-refractivity contribution in [2.75, 3.05) is 0 Å². The van der Waals surface area contributed by atoms with Gasteiger partial charge in [0, 0.05) is 5.92 Å². The van der Waals surface area contributed by atoms with Gasteiger partial charge >= 0.3 is 0 Å². The first-order chi connectivity index (χ1) is 10.2. The van der Waals surface area contributed by atoms with Crippen LogP contribution in [0.15, 0.2) is 60.7 Å².